The van der Waals surface area contributed by atoms with Gasteiger partial charge in [-0.25, -0.2) is 9.69 Å². The summed E-state index contributed by atoms with van der Waals surface area (Å²) in [6.07, 6.45) is -1.35. The van der Waals surface area contributed by atoms with Gasteiger partial charge in [0.1, 0.15) is 36.5 Å². The molecule has 5 aromatic rings. The van der Waals surface area contributed by atoms with E-state index < -0.39 is 59.4 Å². The van der Waals surface area contributed by atoms with Crippen LogP contribution in [0.25, 0.3) is 0 Å². The maximum Gasteiger partial charge on any atom is 0.421 e. The molecule has 0 aromatic heterocycles. The molecule has 1 spiro atoms. The third-order valence-electron chi connectivity index (χ3n) is 13.5. The van der Waals surface area contributed by atoms with Crippen LogP contribution >= 0.6 is 0 Å². The summed E-state index contributed by atoms with van der Waals surface area (Å²) in [5.74, 6) is 3.87. The average molecular weight is 936 g/mol. The number of methoxy groups -OCH3 is 3. The molecule has 6 atom stereocenters. The van der Waals surface area contributed by atoms with Crippen molar-refractivity contribution in [2.75, 3.05) is 65.8 Å². The predicted molar refractivity (Wildman–Crippen MR) is 251 cm³/mol. The van der Waals surface area contributed by atoms with Crippen LogP contribution in [0.5, 0.6) is 17.2 Å². The van der Waals surface area contributed by atoms with Crippen molar-refractivity contribution in [3.05, 3.63) is 154 Å². The van der Waals surface area contributed by atoms with Crippen LogP contribution in [0.4, 0.5) is 10.5 Å². The molecule has 15 nitrogen and oxygen atoms in total. The first-order valence-electron chi connectivity index (χ1n) is 22.9. The lowest BCUT2D eigenvalue weighted by Crippen LogP contribution is -2.57. The van der Waals surface area contributed by atoms with Gasteiger partial charge in [0.25, 0.3) is 0 Å². The smallest absolute Gasteiger partial charge is 0.421 e. The van der Waals surface area contributed by atoms with E-state index in [1.54, 1.807) is 48.4 Å². The predicted octanol–water partition coefficient (Wildman–Crippen LogP) is 5.84. The second-order valence-corrected chi connectivity index (χ2v) is 17.2. The van der Waals surface area contributed by atoms with Crippen LogP contribution in [0.2, 0.25) is 0 Å². The molecule has 9 rings (SSSR count). The highest BCUT2D eigenvalue weighted by atomic mass is 16.6. The number of hydrogen-bond donors (Lipinski definition) is 2. The Bertz CT molecular complexity index is 2790. The first-order chi connectivity index (χ1) is 33.7. The normalized spacial score (nSPS) is 22.5. The second-order valence-electron chi connectivity index (χ2n) is 17.2. The number of hydrogen-bond acceptors (Lipinski definition) is 13. The summed E-state index contributed by atoms with van der Waals surface area (Å²) >= 11 is 0. The third-order valence-corrected chi connectivity index (χ3v) is 13.5. The zero-order valence-corrected chi connectivity index (χ0v) is 38.5. The summed E-state index contributed by atoms with van der Waals surface area (Å²) in [6.45, 7) is -0.308. The van der Waals surface area contributed by atoms with E-state index >= 15 is 14.4 Å². The van der Waals surface area contributed by atoms with Gasteiger partial charge in [-0.15, -0.1) is 0 Å². The molecule has 356 valence electrons. The molecule has 69 heavy (non-hydrogen) atoms. The number of esters is 1. The van der Waals surface area contributed by atoms with Gasteiger partial charge in [0.15, 0.2) is 11.5 Å². The lowest BCUT2D eigenvalue weighted by molar-refractivity contribution is -0.179. The molecular weight excluding hydrogens is 883 g/mol. The molecule has 4 aliphatic heterocycles. The van der Waals surface area contributed by atoms with Crippen LogP contribution in [0.3, 0.4) is 0 Å². The Morgan fingerprint density at radius 1 is 0.768 bits per heavy atom. The summed E-state index contributed by atoms with van der Waals surface area (Å²) in [5.41, 5.74) is 2.43. The van der Waals surface area contributed by atoms with Gasteiger partial charge in [0.2, 0.25) is 11.8 Å². The summed E-state index contributed by atoms with van der Waals surface area (Å²) in [5, 5.41) is 19.5. The minimum atomic E-state index is -2.07. The molecular formula is C54H53N3O12. The highest BCUT2D eigenvalue weighted by Gasteiger charge is 2.76. The molecule has 4 heterocycles. The van der Waals surface area contributed by atoms with Crippen LogP contribution in [-0.2, 0) is 47.0 Å². The fourth-order valence-electron chi connectivity index (χ4n) is 10.6. The maximum absolute atomic E-state index is 16.5. The zero-order valence-electron chi connectivity index (χ0n) is 38.5. The number of aliphatic hydroxyl groups is 2. The van der Waals surface area contributed by atoms with Gasteiger partial charge in [-0.2, -0.15) is 0 Å². The Hall–Kier alpha value is -7.22. The Balaban J connectivity index is 1.35. The van der Waals surface area contributed by atoms with Gasteiger partial charge in [0, 0.05) is 32.2 Å². The van der Waals surface area contributed by atoms with E-state index in [0.717, 1.165) is 21.6 Å². The summed E-state index contributed by atoms with van der Waals surface area (Å²) in [7, 11) is 4.56. The molecule has 0 aliphatic carbocycles. The van der Waals surface area contributed by atoms with Gasteiger partial charge < -0.3 is 43.5 Å². The molecule has 2 N–H and O–H groups in total. The molecule has 4 aliphatic rings. The monoisotopic (exact) mass is 935 g/mol. The number of fused-ring (bicyclic) bond motifs is 4. The number of benzene rings is 5. The first-order valence-corrected chi connectivity index (χ1v) is 22.9. The van der Waals surface area contributed by atoms with Crippen LogP contribution in [-0.4, -0.2) is 111 Å². The molecule has 0 bridgehead atoms. The molecule has 15 heteroatoms. The minimum absolute atomic E-state index is 0.0341. The van der Waals surface area contributed by atoms with Crippen molar-refractivity contribution in [3.63, 3.8) is 0 Å². The number of carbonyl (C=O) groups is 4. The van der Waals surface area contributed by atoms with Crippen LogP contribution < -0.4 is 19.1 Å². The van der Waals surface area contributed by atoms with E-state index in [2.05, 4.69) is 11.8 Å². The molecule has 2 fully saturated rings. The Morgan fingerprint density at radius 2 is 1.48 bits per heavy atom. The number of morpholine rings is 1. The topological polar surface area (TPSA) is 174 Å². The first kappa shape index (κ1) is 46.9. The molecule has 0 saturated carbocycles. The number of ether oxygens (including phenoxy) is 6. The van der Waals surface area contributed by atoms with Crippen molar-refractivity contribution in [3.8, 4) is 29.1 Å². The third kappa shape index (κ3) is 8.33. The number of aliphatic hydroxyl groups excluding tert-OH is 2. The number of amides is 3. The molecule has 6 unspecified atom stereocenters. The minimum Gasteiger partial charge on any atom is -0.493 e. The number of carbonyl (C=O) groups excluding carboxylic acids is 4. The number of nitrogens with zero attached hydrogens (tertiary/aromatic N) is 3. The lowest BCUT2D eigenvalue weighted by Gasteiger charge is -2.46. The van der Waals surface area contributed by atoms with Crippen molar-refractivity contribution >= 4 is 29.6 Å². The number of cyclic esters (lactones) is 1. The number of imide groups is 1. The van der Waals surface area contributed by atoms with Crippen molar-refractivity contribution in [2.45, 2.75) is 49.0 Å². The molecule has 3 amide bonds. The SMILES string of the molecule is COCCOC(=O)N1C(=O)C2(c3cc(C#CCCO)ccc31)C(C(=O)N1CCc3cc(OC)c(OC)cc3C1)C1C(=O)OC(c3ccccc3)C(c3ccccc3)N1C2c1cccc(OCCO)c1. The second kappa shape index (κ2) is 20.2. The molecule has 5 aromatic carbocycles. The van der Waals surface area contributed by atoms with Crippen molar-refractivity contribution in [2.24, 2.45) is 5.92 Å². The fourth-order valence-corrected chi connectivity index (χ4v) is 10.6. The Kier molecular flexibility index (Phi) is 13.7. The Morgan fingerprint density at radius 3 is 2.17 bits per heavy atom. The fraction of sp³-hybridized carbons (Fsp3) is 0.333. The van der Waals surface area contributed by atoms with E-state index in [4.69, 9.17) is 28.4 Å². The van der Waals surface area contributed by atoms with Crippen LogP contribution in [0.15, 0.2) is 115 Å². The quantitative estimate of drug-likeness (QED) is 0.0820. The highest BCUT2D eigenvalue weighted by molar-refractivity contribution is 6.23. The van der Waals surface area contributed by atoms with Gasteiger partial charge in [-0.05, 0) is 82.3 Å². The standard InChI is InChI=1S/C54H53N3O12/c1-64-27-28-68-53(63)56-42-21-20-34(13-10-11-24-58)29-41(42)54(52(56)62)45(50(60)55-23-22-37-31-43(65-2)44(66-3)32-39(37)33-55)47-51(61)69-48(36-16-8-5-9-17-36)46(35-14-6-4-7-15-35)57(47)49(54)38-18-12-19-40(30-38)67-26-25-59/h4-9,12,14-21,29-32,45-49,58-59H,11,22-28,33H2,1-3H3. The largest absolute Gasteiger partial charge is 0.493 e. The molecule has 2 saturated heterocycles. The van der Waals surface area contributed by atoms with Crippen molar-refractivity contribution in [1.82, 2.24) is 9.80 Å². The van der Waals surface area contributed by atoms with Gasteiger partial charge in [0.05, 0.1) is 57.7 Å². The lowest BCUT2D eigenvalue weighted by atomic mass is 9.64. The van der Waals surface area contributed by atoms with Crippen LogP contribution in [0, 0.1) is 17.8 Å². The van der Waals surface area contributed by atoms with Crippen molar-refractivity contribution in [1.29, 1.82) is 0 Å². The van der Waals surface area contributed by atoms with E-state index in [1.807, 2.05) is 83.8 Å². The highest BCUT2D eigenvalue weighted by Crippen LogP contribution is 2.66. The van der Waals surface area contributed by atoms with E-state index in [0.29, 0.717) is 40.4 Å². The van der Waals surface area contributed by atoms with E-state index in [1.165, 1.54) is 14.2 Å². The zero-order chi connectivity index (χ0) is 48.2. The Labute approximate surface area is 400 Å². The van der Waals surface area contributed by atoms with E-state index in [9.17, 15) is 15.0 Å². The van der Waals surface area contributed by atoms with Gasteiger partial charge >= 0.3 is 12.1 Å². The van der Waals surface area contributed by atoms with Crippen molar-refractivity contribution < 1.29 is 57.8 Å². The van der Waals surface area contributed by atoms with Gasteiger partial charge in [-0.1, -0.05) is 84.6 Å². The summed E-state index contributed by atoms with van der Waals surface area (Å²) < 4.78 is 34.9. The molecule has 0 radical (unpaired) electrons. The summed E-state index contributed by atoms with van der Waals surface area (Å²) in [6, 6.07) is 31.2. The number of rotatable bonds is 13. The van der Waals surface area contributed by atoms with Crippen LogP contribution in [0.1, 0.15) is 63.6 Å². The number of anilines is 1. The van der Waals surface area contributed by atoms with Gasteiger partial charge in [-0.3, -0.25) is 19.3 Å². The summed E-state index contributed by atoms with van der Waals surface area (Å²) in [4.78, 5) is 67.7. The average Bonchev–Trinajstić information content (AvgIpc) is 3.84. The maximum atomic E-state index is 16.5. The van der Waals surface area contributed by atoms with E-state index in [-0.39, 0.29) is 63.8 Å².